The molecule has 0 fully saturated rings. The number of hydrogen-bond acceptors (Lipinski definition) is 4. The molecule has 6 heteroatoms. The minimum Gasteiger partial charge on any atom is -0.463 e. The molecule has 0 aliphatic carbocycles. The van der Waals surface area contributed by atoms with E-state index in [0.29, 0.717) is 12.3 Å². The lowest BCUT2D eigenvalue weighted by Gasteiger charge is -2.08. The lowest BCUT2D eigenvalue weighted by atomic mass is 10.2. The van der Waals surface area contributed by atoms with Gasteiger partial charge in [0.25, 0.3) is 0 Å². The first-order valence-corrected chi connectivity index (χ1v) is 7.03. The van der Waals surface area contributed by atoms with Crippen LogP contribution in [0.2, 0.25) is 0 Å². The molecule has 0 bridgehead atoms. The fourth-order valence-corrected chi connectivity index (χ4v) is 2.05. The molecule has 0 aliphatic rings. The number of methoxy groups -OCH3 is 1. The maximum absolute atomic E-state index is 11.7. The zero-order valence-electron chi connectivity index (χ0n) is 11.6. The van der Waals surface area contributed by atoms with Crippen molar-refractivity contribution >= 4 is 33.5 Å². The van der Waals surface area contributed by atoms with Crippen molar-refractivity contribution < 1.29 is 19.1 Å². The summed E-state index contributed by atoms with van der Waals surface area (Å²) in [4.78, 5) is 23.0. The topological polar surface area (TPSA) is 64.6 Å². The van der Waals surface area contributed by atoms with E-state index < -0.39 is 5.97 Å². The smallest absolute Gasteiger partial charge is 0.306 e. The van der Waals surface area contributed by atoms with E-state index in [4.69, 9.17) is 9.47 Å². The average molecular weight is 344 g/mol. The van der Waals surface area contributed by atoms with Gasteiger partial charge >= 0.3 is 5.97 Å². The number of hydrogen-bond donors (Lipinski definition) is 1. The molecule has 1 aromatic carbocycles. The highest BCUT2D eigenvalue weighted by Crippen LogP contribution is 2.23. The van der Waals surface area contributed by atoms with E-state index in [-0.39, 0.29) is 25.4 Å². The van der Waals surface area contributed by atoms with Crippen LogP contribution in [0.4, 0.5) is 5.69 Å². The summed E-state index contributed by atoms with van der Waals surface area (Å²) < 4.78 is 10.4. The Kier molecular flexibility index (Phi) is 7.25. The normalized spacial score (nSPS) is 10.2. The number of carbonyl (C=O) groups excluding carboxylic acids is 2. The Bertz CT molecular complexity index is 476. The van der Waals surface area contributed by atoms with Crippen LogP contribution in [0.5, 0.6) is 0 Å². The number of esters is 1. The van der Waals surface area contributed by atoms with Crippen molar-refractivity contribution in [3.63, 3.8) is 0 Å². The molecule has 0 unspecified atom stereocenters. The number of nitrogens with one attached hydrogen (secondary N) is 1. The van der Waals surface area contributed by atoms with E-state index in [2.05, 4.69) is 21.2 Å². The zero-order valence-corrected chi connectivity index (χ0v) is 13.2. The van der Waals surface area contributed by atoms with Crippen molar-refractivity contribution in [1.29, 1.82) is 0 Å². The van der Waals surface area contributed by atoms with Crippen molar-refractivity contribution in [1.82, 2.24) is 0 Å². The van der Waals surface area contributed by atoms with Crippen LogP contribution in [0.3, 0.4) is 0 Å². The maximum atomic E-state index is 11.7. The summed E-state index contributed by atoms with van der Waals surface area (Å²) in [6.45, 7) is 2.53. The Labute approximate surface area is 126 Å². The summed E-state index contributed by atoms with van der Waals surface area (Å²) in [5, 5.41) is 2.74. The second-order valence-electron chi connectivity index (χ2n) is 4.24. The second kappa shape index (κ2) is 8.71. The SMILES string of the molecule is COCCOC(=O)CCC(=O)Nc1ccc(C)cc1Br. The van der Waals surface area contributed by atoms with Crippen LogP contribution in [-0.4, -0.2) is 32.2 Å². The van der Waals surface area contributed by atoms with Gasteiger partial charge in [-0.25, -0.2) is 0 Å². The molecule has 0 atom stereocenters. The summed E-state index contributed by atoms with van der Waals surface area (Å²) >= 11 is 3.38. The summed E-state index contributed by atoms with van der Waals surface area (Å²) in [7, 11) is 1.53. The van der Waals surface area contributed by atoms with Crippen molar-refractivity contribution in [3.05, 3.63) is 28.2 Å². The van der Waals surface area contributed by atoms with Gasteiger partial charge in [-0.3, -0.25) is 9.59 Å². The number of halogens is 1. The summed E-state index contributed by atoms with van der Waals surface area (Å²) in [6, 6.07) is 5.63. The van der Waals surface area contributed by atoms with Gasteiger partial charge in [-0.1, -0.05) is 6.07 Å². The standard InChI is InChI=1S/C14H18BrNO4/c1-10-3-4-12(11(15)9-10)16-13(17)5-6-14(18)20-8-7-19-2/h3-4,9H,5-8H2,1-2H3,(H,16,17). The molecule has 1 N–H and O–H groups in total. The Morgan fingerprint density at radius 1 is 1.25 bits per heavy atom. The fourth-order valence-electron chi connectivity index (χ4n) is 1.46. The molecule has 1 aromatic rings. The lowest BCUT2D eigenvalue weighted by molar-refractivity contribution is -0.145. The lowest BCUT2D eigenvalue weighted by Crippen LogP contribution is -2.16. The molecule has 0 spiro atoms. The third kappa shape index (κ3) is 6.16. The minimum atomic E-state index is -0.403. The Hall–Kier alpha value is -1.40. The van der Waals surface area contributed by atoms with Crippen LogP contribution < -0.4 is 5.32 Å². The first kappa shape index (κ1) is 16.7. The molecular weight excluding hydrogens is 326 g/mol. The van der Waals surface area contributed by atoms with Gasteiger partial charge < -0.3 is 14.8 Å². The van der Waals surface area contributed by atoms with E-state index in [1.165, 1.54) is 7.11 Å². The minimum absolute atomic E-state index is 0.0546. The number of ether oxygens (including phenoxy) is 2. The zero-order chi connectivity index (χ0) is 15.0. The molecule has 0 aromatic heterocycles. The van der Waals surface area contributed by atoms with Crippen molar-refractivity contribution in [2.45, 2.75) is 19.8 Å². The molecule has 110 valence electrons. The van der Waals surface area contributed by atoms with Crippen LogP contribution in [0, 0.1) is 6.92 Å². The number of aryl methyl sites for hydroxylation is 1. The molecule has 0 radical (unpaired) electrons. The van der Waals surface area contributed by atoms with Gasteiger partial charge in [0.05, 0.1) is 18.7 Å². The first-order chi connectivity index (χ1) is 9.52. The van der Waals surface area contributed by atoms with E-state index in [1.54, 1.807) is 0 Å². The Morgan fingerprint density at radius 3 is 2.65 bits per heavy atom. The quantitative estimate of drug-likeness (QED) is 0.610. The van der Waals surface area contributed by atoms with Crippen molar-refractivity contribution in [2.75, 3.05) is 25.6 Å². The van der Waals surface area contributed by atoms with Gasteiger partial charge in [0.1, 0.15) is 6.61 Å². The number of benzene rings is 1. The van der Waals surface area contributed by atoms with E-state index in [0.717, 1.165) is 10.0 Å². The van der Waals surface area contributed by atoms with Gasteiger partial charge in [0, 0.05) is 18.0 Å². The molecule has 1 rings (SSSR count). The summed E-state index contributed by atoms with van der Waals surface area (Å²) in [6.07, 6.45) is 0.144. The van der Waals surface area contributed by atoms with Gasteiger partial charge in [-0.05, 0) is 40.5 Å². The third-order valence-electron chi connectivity index (χ3n) is 2.51. The largest absolute Gasteiger partial charge is 0.463 e. The summed E-state index contributed by atoms with van der Waals surface area (Å²) in [5.74, 6) is -0.626. The van der Waals surface area contributed by atoms with Gasteiger partial charge in [-0.2, -0.15) is 0 Å². The highest BCUT2D eigenvalue weighted by molar-refractivity contribution is 9.10. The van der Waals surface area contributed by atoms with E-state index >= 15 is 0 Å². The van der Waals surface area contributed by atoms with Gasteiger partial charge in [-0.15, -0.1) is 0 Å². The number of amides is 1. The monoisotopic (exact) mass is 343 g/mol. The molecular formula is C14H18BrNO4. The molecule has 1 amide bonds. The third-order valence-corrected chi connectivity index (χ3v) is 3.16. The average Bonchev–Trinajstić information content (AvgIpc) is 2.40. The molecule has 0 saturated heterocycles. The van der Waals surface area contributed by atoms with Crippen LogP contribution >= 0.6 is 15.9 Å². The molecule has 5 nitrogen and oxygen atoms in total. The molecule has 0 aliphatic heterocycles. The second-order valence-corrected chi connectivity index (χ2v) is 5.10. The highest BCUT2D eigenvalue weighted by Gasteiger charge is 2.09. The van der Waals surface area contributed by atoms with Crippen molar-refractivity contribution in [3.8, 4) is 0 Å². The van der Waals surface area contributed by atoms with Crippen LogP contribution in [0.25, 0.3) is 0 Å². The molecule has 20 heavy (non-hydrogen) atoms. The Morgan fingerprint density at radius 2 is 2.00 bits per heavy atom. The number of anilines is 1. The van der Waals surface area contributed by atoms with Crippen LogP contribution in [0.1, 0.15) is 18.4 Å². The Balaban J connectivity index is 2.34. The maximum Gasteiger partial charge on any atom is 0.306 e. The van der Waals surface area contributed by atoms with Crippen LogP contribution in [-0.2, 0) is 19.1 Å². The highest BCUT2D eigenvalue weighted by atomic mass is 79.9. The number of rotatable bonds is 7. The van der Waals surface area contributed by atoms with Gasteiger partial charge in [0.15, 0.2) is 0 Å². The predicted molar refractivity (Wildman–Crippen MR) is 79.6 cm³/mol. The van der Waals surface area contributed by atoms with Crippen molar-refractivity contribution in [2.24, 2.45) is 0 Å². The fraction of sp³-hybridized carbons (Fsp3) is 0.429. The molecule has 0 saturated carbocycles. The van der Waals surface area contributed by atoms with E-state index in [1.807, 2.05) is 25.1 Å². The predicted octanol–water partition coefficient (Wildman–Crippen LogP) is 2.67. The number of carbonyl (C=O) groups is 2. The first-order valence-electron chi connectivity index (χ1n) is 6.23. The van der Waals surface area contributed by atoms with Gasteiger partial charge in [0.2, 0.25) is 5.91 Å². The summed E-state index contributed by atoms with van der Waals surface area (Å²) in [5.41, 5.74) is 1.78. The molecule has 0 heterocycles. The van der Waals surface area contributed by atoms with E-state index in [9.17, 15) is 9.59 Å². The van der Waals surface area contributed by atoms with Crippen LogP contribution in [0.15, 0.2) is 22.7 Å².